The number of aliphatic carboxylic acids is 1. The van der Waals surface area contributed by atoms with Crippen molar-refractivity contribution in [3.05, 3.63) is 29.0 Å². The van der Waals surface area contributed by atoms with Crippen molar-refractivity contribution in [3.8, 4) is 0 Å². The summed E-state index contributed by atoms with van der Waals surface area (Å²) in [6, 6.07) is 2.98. The summed E-state index contributed by atoms with van der Waals surface area (Å²) in [6.07, 6.45) is 0.259. The molecule has 112 valence electrons. The molecule has 2 N–H and O–H groups in total. The molecule has 0 amide bonds. The number of carboxylic acid groups (broad SMARTS) is 1. The van der Waals surface area contributed by atoms with E-state index in [1.807, 2.05) is 0 Å². The molecule has 0 fully saturated rings. The molecule has 0 saturated carbocycles. The monoisotopic (exact) mass is 323 g/mol. The first-order valence-corrected chi connectivity index (χ1v) is 7.66. The molecule has 1 aromatic rings. The second-order valence-electron chi connectivity index (χ2n) is 4.62. The van der Waals surface area contributed by atoms with Crippen LogP contribution in [0.25, 0.3) is 0 Å². The van der Waals surface area contributed by atoms with Crippen LogP contribution in [-0.2, 0) is 14.8 Å². The Kier molecular flexibility index (Phi) is 5.12. The Bertz CT molecular complexity index is 620. The van der Waals surface area contributed by atoms with Crippen molar-refractivity contribution in [1.29, 1.82) is 0 Å². The molecule has 0 heterocycles. The lowest BCUT2D eigenvalue weighted by Crippen LogP contribution is -2.40. The van der Waals surface area contributed by atoms with E-state index in [9.17, 15) is 17.6 Å². The molecule has 0 bridgehead atoms. The molecular formula is C12H15ClFNO4S. The third-order valence-electron chi connectivity index (χ3n) is 3.15. The Hall–Kier alpha value is -1.18. The van der Waals surface area contributed by atoms with Gasteiger partial charge in [-0.2, -0.15) is 0 Å². The van der Waals surface area contributed by atoms with Crippen molar-refractivity contribution in [2.45, 2.75) is 25.2 Å². The van der Waals surface area contributed by atoms with Gasteiger partial charge >= 0.3 is 5.97 Å². The van der Waals surface area contributed by atoms with Crippen LogP contribution in [0.2, 0.25) is 5.02 Å². The Labute approximate surface area is 121 Å². The molecule has 0 saturated heterocycles. The Balaban J connectivity index is 2.96. The molecule has 0 aromatic heterocycles. The van der Waals surface area contributed by atoms with Gasteiger partial charge < -0.3 is 5.11 Å². The third kappa shape index (κ3) is 3.68. The molecule has 0 radical (unpaired) electrons. The minimum atomic E-state index is -3.94. The molecule has 0 aliphatic rings. The number of hydrogen-bond donors (Lipinski definition) is 2. The second kappa shape index (κ2) is 6.07. The molecule has 8 heteroatoms. The summed E-state index contributed by atoms with van der Waals surface area (Å²) in [4.78, 5) is 10.9. The molecule has 20 heavy (non-hydrogen) atoms. The average Bonchev–Trinajstić information content (AvgIpc) is 2.38. The molecule has 1 aromatic carbocycles. The van der Waals surface area contributed by atoms with Gasteiger partial charge in [0.15, 0.2) is 0 Å². The fourth-order valence-corrected chi connectivity index (χ4v) is 2.77. The number of halogens is 2. The molecule has 1 rings (SSSR count). The molecule has 0 aliphatic heterocycles. The van der Waals surface area contributed by atoms with Crippen molar-refractivity contribution in [2.24, 2.45) is 5.41 Å². The average molecular weight is 324 g/mol. The van der Waals surface area contributed by atoms with Crippen LogP contribution >= 0.6 is 11.6 Å². The van der Waals surface area contributed by atoms with Gasteiger partial charge in [-0.3, -0.25) is 4.79 Å². The standard InChI is InChI=1S/C12H15ClFNO4S/c1-3-12(2,11(16)17)7-15-20(18,19)8-4-5-10(14)9(13)6-8/h4-6,15H,3,7H2,1-2H3,(H,16,17). The predicted octanol–water partition coefficient (Wildman–Crippen LogP) is 2.26. The molecule has 0 aliphatic carbocycles. The molecular weight excluding hydrogens is 309 g/mol. The van der Waals surface area contributed by atoms with Gasteiger partial charge in [0, 0.05) is 6.54 Å². The minimum absolute atomic E-state index is 0.215. The lowest BCUT2D eigenvalue weighted by atomic mass is 9.88. The highest BCUT2D eigenvalue weighted by Crippen LogP contribution is 2.23. The summed E-state index contributed by atoms with van der Waals surface area (Å²) < 4.78 is 39.2. The maximum atomic E-state index is 13.0. The topological polar surface area (TPSA) is 83.5 Å². The van der Waals surface area contributed by atoms with Crippen LogP contribution < -0.4 is 4.72 Å². The van der Waals surface area contributed by atoms with Gasteiger partial charge in [-0.25, -0.2) is 17.5 Å². The zero-order valence-electron chi connectivity index (χ0n) is 11.0. The van der Waals surface area contributed by atoms with E-state index in [0.29, 0.717) is 0 Å². The van der Waals surface area contributed by atoms with Gasteiger partial charge in [0.2, 0.25) is 10.0 Å². The number of benzene rings is 1. The van der Waals surface area contributed by atoms with Gasteiger partial charge in [-0.1, -0.05) is 18.5 Å². The Morgan fingerprint density at radius 2 is 2.10 bits per heavy atom. The SMILES string of the molecule is CCC(C)(CNS(=O)(=O)c1ccc(F)c(Cl)c1)C(=O)O. The highest BCUT2D eigenvalue weighted by atomic mass is 35.5. The van der Waals surface area contributed by atoms with Gasteiger partial charge in [0.05, 0.1) is 15.3 Å². The van der Waals surface area contributed by atoms with E-state index in [1.54, 1.807) is 6.92 Å². The molecule has 1 atom stereocenters. The number of hydrogen-bond acceptors (Lipinski definition) is 3. The minimum Gasteiger partial charge on any atom is -0.481 e. The number of nitrogens with one attached hydrogen (secondary N) is 1. The van der Waals surface area contributed by atoms with Gasteiger partial charge in [-0.15, -0.1) is 0 Å². The third-order valence-corrected chi connectivity index (χ3v) is 4.84. The van der Waals surface area contributed by atoms with Gasteiger partial charge in [-0.05, 0) is 31.5 Å². The van der Waals surface area contributed by atoms with E-state index < -0.39 is 27.2 Å². The summed E-state index contributed by atoms with van der Waals surface area (Å²) in [5, 5.41) is 8.76. The fourth-order valence-electron chi connectivity index (χ4n) is 1.33. The van der Waals surface area contributed by atoms with E-state index in [-0.39, 0.29) is 22.9 Å². The summed E-state index contributed by atoms with van der Waals surface area (Å²) in [7, 11) is -3.94. The Morgan fingerprint density at radius 1 is 1.50 bits per heavy atom. The first kappa shape index (κ1) is 16.9. The van der Waals surface area contributed by atoms with Crippen LogP contribution in [0.5, 0.6) is 0 Å². The summed E-state index contributed by atoms with van der Waals surface area (Å²) in [6.45, 7) is 2.82. The lowest BCUT2D eigenvalue weighted by Gasteiger charge is -2.23. The van der Waals surface area contributed by atoms with E-state index in [4.69, 9.17) is 16.7 Å². The maximum Gasteiger partial charge on any atom is 0.310 e. The number of carbonyl (C=O) groups is 1. The highest BCUT2D eigenvalue weighted by molar-refractivity contribution is 7.89. The van der Waals surface area contributed by atoms with Crippen molar-refractivity contribution in [3.63, 3.8) is 0 Å². The van der Waals surface area contributed by atoms with E-state index in [2.05, 4.69) is 4.72 Å². The number of carboxylic acids is 1. The Morgan fingerprint density at radius 3 is 2.55 bits per heavy atom. The molecule has 1 unspecified atom stereocenters. The van der Waals surface area contributed by atoms with Crippen LogP contribution in [0.15, 0.2) is 23.1 Å². The largest absolute Gasteiger partial charge is 0.481 e. The lowest BCUT2D eigenvalue weighted by molar-refractivity contribution is -0.147. The van der Waals surface area contributed by atoms with Crippen LogP contribution in [0.1, 0.15) is 20.3 Å². The normalized spacial score (nSPS) is 14.8. The van der Waals surface area contributed by atoms with Crippen LogP contribution in [0, 0.1) is 11.2 Å². The zero-order valence-corrected chi connectivity index (χ0v) is 12.6. The molecule has 0 spiro atoms. The van der Waals surface area contributed by atoms with Gasteiger partial charge in [0.1, 0.15) is 5.82 Å². The molecule has 5 nitrogen and oxygen atoms in total. The number of sulfonamides is 1. The van der Waals surface area contributed by atoms with Crippen molar-refractivity contribution in [1.82, 2.24) is 4.72 Å². The second-order valence-corrected chi connectivity index (χ2v) is 6.79. The van der Waals surface area contributed by atoms with E-state index >= 15 is 0 Å². The van der Waals surface area contributed by atoms with Crippen LogP contribution in [-0.4, -0.2) is 26.0 Å². The first-order chi connectivity index (χ1) is 9.12. The summed E-state index contributed by atoms with van der Waals surface area (Å²) in [5.41, 5.74) is -1.21. The van der Waals surface area contributed by atoms with E-state index in [0.717, 1.165) is 18.2 Å². The van der Waals surface area contributed by atoms with Crippen molar-refractivity contribution >= 4 is 27.6 Å². The fraction of sp³-hybridized carbons (Fsp3) is 0.417. The van der Waals surface area contributed by atoms with Crippen molar-refractivity contribution < 1.29 is 22.7 Å². The van der Waals surface area contributed by atoms with E-state index in [1.165, 1.54) is 6.92 Å². The quantitative estimate of drug-likeness (QED) is 0.841. The highest BCUT2D eigenvalue weighted by Gasteiger charge is 2.32. The smallest absolute Gasteiger partial charge is 0.310 e. The predicted molar refractivity (Wildman–Crippen MR) is 72.6 cm³/mol. The van der Waals surface area contributed by atoms with Crippen LogP contribution in [0.3, 0.4) is 0 Å². The number of rotatable bonds is 6. The maximum absolute atomic E-state index is 13.0. The summed E-state index contributed by atoms with van der Waals surface area (Å²) >= 11 is 5.53. The summed E-state index contributed by atoms with van der Waals surface area (Å²) in [5.74, 6) is -1.82. The van der Waals surface area contributed by atoms with Crippen molar-refractivity contribution in [2.75, 3.05) is 6.54 Å². The van der Waals surface area contributed by atoms with Crippen LogP contribution in [0.4, 0.5) is 4.39 Å². The van der Waals surface area contributed by atoms with Gasteiger partial charge in [0.25, 0.3) is 0 Å². The first-order valence-electron chi connectivity index (χ1n) is 5.80. The zero-order chi connectivity index (χ0) is 15.6.